The molecule has 0 saturated carbocycles. The molecule has 0 bridgehead atoms. The van der Waals surface area contributed by atoms with Crippen molar-refractivity contribution in [2.24, 2.45) is 0 Å². The van der Waals surface area contributed by atoms with Crippen LogP contribution in [0, 0.1) is 5.82 Å². The lowest BCUT2D eigenvalue weighted by atomic mass is 9.82. The molecule has 0 N–H and O–H groups in total. The summed E-state index contributed by atoms with van der Waals surface area (Å²) in [5.41, 5.74) is 0.536. The van der Waals surface area contributed by atoms with E-state index in [1.807, 2.05) is 30.9 Å². The minimum Gasteiger partial charge on any atom is -0.364 e. The molecule has 8 heteroatoms. The lowest BCUT2D eigenvalue weighted by molar-refractivity contribution is -0.170. The molecule has 3 heterocycles. The van der Waals surface area contributed by atoms with Crippen LogP contribution in [0.1, 0.15) is 19.4 Å². The van der Waals surface area contributed by atoms with Crippen LogP contribution in [0.15, 0.2) is 42.7 Å². The van der Waals surface area contributed by atoms with Gasteiger partial charge in [-0.3, -0.25) is 14.6 Å². The number of hydrogen-bond acceptors (Lipinski definition) is 4. The summed E-state index contributed by atoms with van der Waals surface area (Å²) in [6.07, 6.45) is 2.70. The molecule has 1 aromatic carbocycles. The fraction of sp³-hybridized carbons (Fsp3) is 0.381. The summed E-state index contributed by atoms with van der Waals surface area (Å²) in [5, 5.41) is 0.615. The number of benzene rings is 1. The van der Waals surface area contributed by atoms with E-state index in [-0.39, 0.29) is 24.4 Å². The van der Waals surface area contributed by atoms with Crippen LogP contribution in [0.2, 0.25) is 5.02 Å². The molecule has 0 aliphatic carbocycles. The third-order valence-electron chi connectivity index (χ3n) is 5.62. The molecule has 152 valence electrons. The van der Waals surface area contributed by atoms with Crippen molar-refractivity contribution in [3.63, 3.8) is 0 Å². The first-order valence-corrected chi connectivity index (χ1v) is 9.89. The minimum atomic E-state index is -0.967. The first kappa shape index (κ1) is 19.6. The van der Waals surface area contributed by atoms with E-state index >= 15 is 0 Å². The number of hydrogen-bond donors (Lipinski definition) is 0. The van der Waals surface area contributed by atoms with Crippen LogP contribution in [0.5, 0.6) is 0 Å². The Kier molecular flexibility index (Phi) is 4.94. The van der Waals surface area contributed by atoms with Crippen LogP contribution in [0.4, 0.5) is 10.1 Å². The van der Waals surface area contributed by atoms with Crippen LogP contribution in [0.3, 0.4) is 0 Å². The minimum absolute atomic E-state index is 0.0629. The second-order valence-electron chi connectivity index (χ2n) is 7.88. The summed E-state index contributed by atoms with van der Waals surface area (Å²) in [4.78, 5) is 35.5. The monoisotopic (exact) mass is 416 g/mol. The molecule has 2 saturated heterocycles. The predicted molar refractivity (Wildman–Crippen MR) is 108 cm³/mol. The topological polar surface area (TPSA) is 56.8 Å². The molecule has 0 atom stereocenters. The number of carbonyl (C=O) groups excluding carboxylic acids is 2. The van der Waals surface area contributed by atoms with Gasteiger partial charge < -0.3 is 14.7 Å². The van der Waals surface area contributed by atoms with Gasteiger partial charge in [-0.1, -0.05) is 23.7 Å². The average Bonchev–Trinajstić information content (AvgIpc) is 2.64. The third kappa shape index (κ3) is 3.44. The number of pyridine rings is 1. The lowest BCUT2D eigenvalue weighted by Gasteiger charge is -2.59. The molecule has 2 fully saturated rings. The Labute approximate surface area is 173 Å². The number of halogens is 2. The van der Waals surface area contributed by atoms with Gasteiger partial charge in [-0.15, -0.1) is 0 Å². The summed E-state index contributed by atoms with van der Waals surface area (Å²) in [6.45, 7) is 4.80. The second-order valence-corrected chi connectivity index (χ2v) is 8.32. The quantitative estimate of drug-likeness (QED) is 0.769. The Balaban J connectivity index is 1.64. The van der Waals surface area contributed by atoms with Gasteiger partial charge in [-0.05, 0) is 31.5 Å². The molecule has 1 aromatic heterocycles. The molecule has 0 unspecified atom stereocenters. The van der Waals surface area contributed by atoms with Gasteiger partial charge in [0.25, 0.3) is 5.91 Å². The molecule has 0 radical (unpaired) electrons. The zero-order valence-corrected chi connectivity index (χ0v) is 17.1. The first-order valence-electron chi connectivity index (χ1n) is 9.52. The first-order chi connectivity index (χ1) is 13.8. The van der Waals surface area contributed by atoms with E-state index in [2.05, 4.69) is 4.98 Å². The molecule has 29 heavy (non-hydrogen) atoms. The fourth-order valence-corrected chi connectivity index (χ4v) is 4.13. The summed E-state index contributed by atoms with van der Waals surface area (Å²) in [5.74, 6) is -0.594. The van der Waals surface area contributed by atoms with E-state index in [9.17, 15) is 14.0 Å². The molecule has 2 aliphatic heterocycles. The zero-order chi connectivity index (χ0) is 20.8. The van der Waals surface area contributed by atoms with Crippen molar-refractivity contribution in [2.75, 3.05) is 24.5 Å². The van der Waals surface area contributed by atoms with Crippen LogP contribution in [-0.2, 0) is 16.1 Å². The van der Waals surface area contributed by atoms with E-state index in [1.165, 1.54) is 6.07 Å². The highest BCUT2D eigenvalue weighted by Gasteiger charge is 2.59. The summed E-state index contributed by atoms with van der Waals surface area (Å²) in [7, 11) is 0. The SMILES string of the molecule is CC(C)N1CC(=O)N(Cc2ccc(Cl)cc2)C2(CN(c3cncc(F)c3)C2)C1=O. The molecule has 6 nitrogen and oxygen atoms in total. The number of anilines is 1. The van der Waals surface area contributed by atoms with Crippen LogP contribution in [0.25, 0.3) is 0 Å². The van der Waals surface area contributed by atoms with Gasteiger partial charge in [0.2, 0.25) is 5.91 Å². The maximum Gasteiger partial charge on any atom is 0.252 e. The maximum atomic E-state index is 13.6. The standard InChI is InChI=1S/C21H22ClFN4O2/c1-14(2)26-11-19(28)27(10-15-3-5-16(22)6-4-15)21(20(26)29)12-25(13-21)18-7-17(23)8-24-9-18/h3-9,14H,10-13H2,1-2H3. The summed E-state index contributed by atoms with van der Waals surface area (Å²) < 4.78 is 13.6. The Bertz CT molecular complexity index is 944. The Hall–Kier alpha value is -2.67. The third-order valence-corrected chi connectivity index (χ3v) is 5.87. The van der Waals surface area contributed by atoms with Crippen molar-refractivity contribution < 1.29 is 14.0 Å². The van der Waals surface area contributed by atoms with Crippen molar-refractivity contribution in [3.05, 3.63) is 59.1 Å². The largest absolute Gasteiger partial charge is 0.364 e. The van der Waals surface area contributed by atoms with E-state index in [0.29, 0.717) is 30.3 Å². The number of aromatic nitrogens is 1. The van der Waals surface area contributed by atoms with E-state index in [4.69, 9.17) is 11.6 Å². The number of amides is 2. The fourth-order valence-electron chi connectivity index (χ4n) is 4.00. The van der Waals surface area contributed by atoms with Crippen LogP contribution in [-0.4, -0.2) is 57.8 Å². The van der Waals surface area contributed by atoms with Crippen molar-refractivity contribution >= 4 is 29.1 Å². The lowest BCUT2D eigenvalue weighted by Crippen LogP contribution is -2.81. The average molecular weight is 417 g/mol. The van der Waals surface area contributed by atoms with E-state index in [0.717, 1.165) is 11.8 Å². The molecule has 2 amide bonds. The summed E-state index contributed by atoms with van der Waals surface area (Å²) >= 11 is 5.97. The smallest absolute Gasteiger partial charge is 0.252 e. The second kappa shape index (κ2) is 7.30. The van der Waals surface area contributed by atoms with Gasteiger partial charge in [0.15, 0.2) is 5.54 Å². The van der Waals surface area contributed by atoms with Crippen LogP contribution < -0.4 is 4.90 Å². The Morgan fingerprint density at radius 2 is 1.86 bits per heavy atom. The number of nitrogens with zero attached hydrogens (tertiary/aromatic N) is 4. The van der Waals surface area contributed by atoms with E-state index in [1.54, 1.807) is 28.1 Å². The van der Waals surface area contributed by atoms with E-state index < -0.39 is 11.4 Å². The van der Waals surface area contributed by atoms with Gasteiger partial charge in [-0.2, -0.15) is 0 Å². The van der Waals surface area contributed by atoms with Gasteiger partial charge in [0.05, 0.1) is 31.2 Å². The van der Waals surface area contributed by atoms with Gasteiger partial charge >= 0.3 is 0 Å². The Morgan fingerprint density at radius 1 is 1.17 bits per heavy atom. The van der Waals surface area contributed by atoms with Gasteiger partial charge in [0, 0.05) is 23.7 Å². The zero-order valence-electron chi connectivity index (χ0n) is 16.3. The molecular weight excluding hydrogens is 395 g/mol. The highest BCUT2D eigenvalue weighted by atomic mass is 35.5. The normalized spacial score (nSPS) is 18.6. The number of carbonyl (C=O) groups is 2. The number of piperazine rings is 1. The molecule has 4 rings (SSSR count). The molecule has 2 aliphatic rings. The van der Waals surface area contributed by atoms with Gasteiger partial charge in [0.1, 0.15) is 12.4 Å². The maximum absolute atomic E-state index is 13.6. The van der Waals surface area contributed by atoms with Crippen LogP contribution >= 0.6 is 11.6 Å². The molecule has 2 aromatic rings. The van der Waals surface area contributed by atoms with Gasteiger partial charge in [-0.25, -0.2) is 4.39 Å². The summed E-state index contributed by atoms with van der Waals surface area (Å²) in [6, 6.07) is 8.56. The van der Waals surface area contributed by atoms with Crippen molar-refractivity contribution in [1.82, 2.24) is 14.8 Å². The number of rotatable bonds is 4. The Morgan fingerprint density at radius 3 is 2.48 bits per heavy atom. The van der Waals surface area contributed by atoms with Crippen molar-refractivity contribution in [1.29, 1.82) is 0 Å². The highest BCUT2D eigenvalue weighted by molar-refractivity contribution is 6.30. The predicted octanol–water partition coefficient (Wildman–Crippen LogP) is 2.71. The van der Waals surface area contributed by atoms with Crippen molar-refractivity contribution in [2.45, 2.75) is 32.0 Å². The molecular formula is C21H22ClFN4O2. The highest BCUT2D eigenvalue weighted by Crippen LogP contribution is 2.38. The molecule has 1 spiro atoms. The van der Waals surface area contributed by atoms with Crippen molar-refractivity contribution in [3.8, 4) is 0 Å².